The van der Waals surface area contributed by atoms with E-state index in [1.165, 1.54) is 0 Å². The third-order valence-corrected chi connectivity index (χ3v) is 0.980. The lowest BCUT2D eigenvalue weighted by atomic mass is 10.3. The van der Waals surface area contributed by atoms with E-state index in [2.05, 4.69) is 6.07 Å². The molecule has 9 heavy (non-hydrogen) atoms. The Morgan fingerprint density at radius 1 is 1.56 bits per heavy atom. The van der Waals surface area contributed by atoms with Crippen molar-refractivity contribution >= 4 is 0 Å². The van der Waals surface area contributed by atoms with Crippen LogP contribution in [0.5, 0.6) is 5.75 Å². The van der Waals surface area contributed by atoms with Gasteiger partial charge in [0.1, 0.15) is 5.75 Å². The summed E-state index contributed by atoms with van der Waals surface area (Å²) in [5, 5.41) is 0. The molecule has 0 amide bonds. The van der Waals surface area contributed by atoms with Crippen LogP contribution in [0.4, 0.5) is 0 Å². The maximum atomic E-state index is 5.15. The van der Waals surface area contributed by atoms with Gasteiger partial charge in [-0.3, -0.25) is 0 Å². The highest BCUT2D eigenvalue weighted by Gasteiger charge is 1.84. The Bertz CT molecular complexity index is 157. The van der Waals surface area contributed by atoms with Gasteiger partial charge in [0.2, 0.25) is 0 Å². The molecule has 0 aliphatic rings. The van der Waals surface area contributed by atoms with Crippen molar-refractivity contribution in [3.63, 3.8) is 0 Å². The first-order valence-electron chi connectivity index (χ1n) is 3.03. The quantitative estimate of drug-likeness (QED) is 0.580. The lowest BCUT2D eigenvalue weighted by molar-refractivity contribution is 0.339. The number of para-hydroxylation sites is 1. The Morgan fingerprint density at radius 2 is 2.44 bits per heavy atom. The van der Waals surface area contributed by atoms with Gasteiger partial charge in [-0.2, -0.15) is 0 Å². The van der Waals surface area contributed by atoms with Crippen molar-refractivity contribution < 1.29 is 4.74 Å². The van der Waals surface area contributed by atoms with Crippen molar-refractivity contribution in [3.05, 3.63) is 30.3 Å². The zero-order valence-corrected chi connectivity index (χ0v) is 5.42. The van der Waals surface area contributed by atoms with Gasteiger partial charge in [0.15, 0.2) is 0 Å². The van der Waals surface area contributed by atoms with Crippen LogP contribution < -0.4 is 4.74 Å². The van der Waals surface area contributed by atoms with Gasteiger partial charge in [0, 0.05) is 6.07 Å². The molecule has 47 valence electrons. The van der Waals surface area contributed by atoms with Gasteiger partial charge in [-0.25, -0.2) is 0 Å². The molecule has 0 bridgehead atoms. The first-order valence-corrected chi connectivity index (χ1v) is 3.03. The second-order valence-corrected chi connectivity index (χ2v) is 1.66. The van der Waals surface area contributed by atoms with E-state index in [1.807, 2.05) is 31.2 Å². The fraction of sp³-hybridized carbons (Fsp3) is 0.250. The molecule has 1 heteroatoms. The summed E-state index contributed by atoms with van der Waals surface area (Å²) in [6, 6.07) is 10.5. The monoisotopic (exact) mass is 121 g/mol. The van der Waals surface area contributed by atoms with Crippen LogP contribution in [0.25, 0.3) is 0 Å². The van der Waals surface area contributed by atoms with E-state index in [-0.39, 0.29) is 0 Å². The molecule has 0 fully saturated rings. The van der Waals surface area contributed by atoms with Crippen molar-refractivity contribution in [2.24, 2.45) is 0 Å². The number of ether oxygens (including phenoxy) is 1. The maximum Gasteiger partial charge on any atom is 0.127 e. The Kier molecular flexibility index (Phi) is 2.13. The van der Waals surface area contributed by atoms with Gasteiger partial charge in [-0.15, -0.1) is 0 Å². The molecule has 0 atom stereocenters. The lowest BCUT2D eigenvalue weighted by Gasteiger charge is -1.98. The van der Waals surface area contributed by atoms with Gasteiger partial charge in [-0.05, 0) is 13.0 Å². The third kappa shape index (κ3) is 1.76. The topological polar surface area (TPSA) is 9.23 Å². The van der Waals surface area contributed by atoms with E-state index in [1.54, 1.807) is 0 Å². The molecule has 1 nitrogen and oxygen atoms in total. The molecule has 0 aliphatic heterocycles. The summed E-state index contributed by atoms with van der Waals surface area (Å²) in [6.07, 6.45) is 0. The van der Waals surface area contributed by atoms with Crippen LogP contribution >= 0.6 is 0 Å². The Balaban J connectivity index is 2.61. The zero-order valence-electron chi connectivity index (χ0n) is 5.42. The summed E-state index contributed by atoms with van der Waals surface area (Å²) in [7, 11) is 0. The number of hydrogen-bond donors (Lipinski definition) is 0. The highest BCUT2D eigenvalue weighted by atomic mass is 16.5. The van der Waals surface area contributed by atoms with Crippen LogP contribution in [-0.4, -0.2) is 6.61 Å². The second-order valence-electron chi connectivity index (χ2n) is 1.66. The summed E-state index contributed by atoms with van der Waals surface area (Å²) in [6.45, 7) is 2.67. The predicted octanol–water partition coefficient (Wildman–Crippen LogP) is 1.89. The van der Waals surface area contributed by atoms with Crippen molar-refractivity contribution in [1.29, 1.82) is 0 Å². The Labute approximate surface area is 55.3 Å². The molecular weight excluding hydrogens is 112 g/mol. The van der Waals surface area contributed by atoms with E-state index in [4.69, 9.17) is 4.74 Å². The SMILES string of the molecule is CCOc1[c]cccc1. The van der Waals surface area contributed by atoms with E-state index in [0.717, 1.165) is 5.75 Å². The van der Waals surface area contributed by atoms with Crippen LogP contribution in [0.1, 0.15) is 6.92 Å². The van der Waals surface area contributed by atoms with Gasteiger partial charge in [0.25, 0.3) is 0 Å². The van der Waals surface area contributed by atoms with Crippen LogP contribution in [0.15, 0.2) is 24.3 Å². The molecule has 1 aromatic carbocycles. The summed E-state index contributed by atoms with van der Waals surface area (Å²) in [5.41, 5.74) is 0. The highest BCUT2D eigenvalue weighted by molar-refractivity contribution is 5.18. The molecule has 0 aromatic heterocycles. The minimum Gasteiger partial charge on any atom is -0.493 e. The van der Waals surface area contributed by atoms with E-state index in [0.29, 0.717) is 6.61 Å². The summed E-state index contributed by atoms with van der Waals surface area (Å²) >= 11 is 0. The van der Waals surface area contributed by atoms with Gasteiger partial charge in [0.05, 0.1) is 6.61 Å². The third-order valence-electron chi connectivity index (χ3n) is 0.980. The minimum absolute atomic E-state index is 0.709. The van der Waals surface area contributed by atoms with Gasteiger partial charge in [-0.1, -0.05) is 18.2 Å². The highest BCUT2D eigenvalue weighted by Crippen LogP contribution is 2.05. The fourth-order valence-electron chi connectivity index (χ4n) is 0.622. The predicted molar refractivity (Wildman–Crippen MR) is 36.4 cm³/mol. The van der Waals surface area contributed by atoms with Crippen molar-refractivity contribution in [3.8, 4) is 5.75 Å². The molecule has 0 aliphatic carbocycles. The van der Waals surface area contributed by atoms with Crippen molar-refractivity contribution in [1.82, 2.24) is 0 Å². The summed E-state index contributed by atoms with van der Waals surface area (Å²) in [5.74, 6) is 0.819. The fourth-order valence-corrected chi connectivity index (χ4v) is 0.622. The minimum atomic E-state index is 0.709. The molecule has 0 spiro atoms. The number of rotatable bonds is 2. The Morgan fingerprint density at radius 3 is 3.00 bits per heavy atom. The van der Waals surface area contributed by atoms with Crippen LogP contribution in [0, 0.1) is 6.07 Å². The molecule has 1 aromatic rings. The maximum absolute atomic E-state index is 5.15. The summed E-state index contributed by atoms with van der Waals surface area (Å²) < 4.78 is 5.15. The number of hydrogen-bond acceptors (Lipinski definition) is 1. The second kappa shape index (κ2) is 3.13. The molecule has 0 saturated carbocycles. The average molecular weight is 121 g/mol. The largest absolute Gasteiger partial charge is 0.493 e. The van der Waals surface area contributed by atoms with Crippen molar-refractivity contribution in [2.45, 2.75) is 6.92 Å². The zero-order chi connectivity index (χ0) is 6.53. The van der Waals surface area contributed by atoms with E-state index in [9.17, 15) is 0 Å². The normalized spacial score (nSPS) is 9.00. The molecule has 0 N–H and O–H groups in total. The summed E-state index contributed by atoms with van der Waals surface area (Å²) in [4.78, 5) is 0. The average Bonchev–Trinajstić information content (AvgIpc) is 1.91. The first-order chi connectivity index (χ1) is 4.43. The smallest absolute Gasteiger partial charge is 0.127 e. The molecule has 1 radical (unpaired) electrons. The molecule has 0 unspecified atom stereocenters. The standard InChI is InChI=1S/C8H9O/c1-2-9-8-6-4-3-5-7-8/h3-6H,2H2,1H3. The van der Waals surface area contributed by atoms with Crippen LogP contribution in [0.2, 0.25) is 0 Å². The van der Waals surface area contributed by atoms with Gasteiger partial charge < -0.3 is 4.74 Å². The molecule has 0 heterocycles. The van der Waals surface area contributed by atoms with Crippen molar-refractivity contribution in [2.75, 3.05) is 6.61 Å². The number of benzene rings is 1. The Hall–Kier alpha value is -0.980. The van der Waals surface area contributed by atoms with Gasteiger partial charge >= 0.3 is 0 Å². The van der Waals surface area contributed by atoms with Crippen LogP contribution in [0.3, 0.4) is 0 Å². The molecular formula is C8H9O. The first kappa shape index (κ1) is 6.14. The molecule has 1 rings (SSSR count). The van der Waals surface area contributed by atoms with Crippen LogP contribution in [-0.2, 0) is 0 Å². The lowest BCUT2D eigenvalue weighted by Crippen LogP contribution is -1.89. The van der Waals surface area contributed by atoms with E-state index >= 15 is 0 Å². The molecule has 0 saturated heterocycles. The van der Waals surface area contributed by atoms with E-state index < -0.39 is 0 Å².